The first kappa shape index (κ1) is 10.3. The molecule has 3 heteroatoms. The summed E-state index contributed by atoms with van der Waals surface area (Å²) in [5.41, 5.74) is 3.77. The lowest BCUT2D eigenvalue weighted by Crippen LogP contribution is -2.34. The molecule has 0 aliphatic carbocycles. The summed E-state index contributed by atoms with van der Waals surface area (Å²) in [5.74, 6) is 0. The SMILES string of the molecule is CCc1cc(C)c(B(O)O)c(C)c1. The van der Waals surface area contributed by atoms with Gasteiger partial charge >= 0.3 is 7.12 Å². The highest BCUT2D eigenvalue weighted by molar-refractivity contribution is 6.59. The smallest absolute Gasteiger partial charge is 0.423 e. The summed E-state index contributed by atoms with van der Waals surface area (Å²) >= 11 is 0. The Hall–Kier alpha value is -0.795. The van der Waals surface area contributed by atoms with E-state index >= 15 is 0 Å². The van der Waals surface area contributed by atoms with Gasteiger partial charge in [0, 0.05) is 0 Å². The minimum absolute atomic E-state index is 0.636. The van der Waals surface area contributed by atoms with Gasteiger partial charge in [0.05, 0.1) is 0 Å². The van der Waals surface area contributed by atoms with E-state index in [0.717, 1.165) is 17.5 Å². The van der Waals surface area contributed by atoms with Gasteiger partial charge in [-0.05, 0) is 31.3 Å². The fraction of sp³-hybridized carbons (Fsp3) is 0.400. The molecule has 0 radical (unpaired) electrons. The fourth-order valence-corrected chi connectivity index (χ4v) is 1.68. The number of aryl methyl sites for hydroxylation is 3. The number of benzene rings is 1. The second kappa shape index (κ2) is 3.94. The van der Waals surface area contributed by atoms with Gasteiger partial charge in [-0.15, -0.1) is 0 Å². The van der Waals surface area contributed by atoms with E-state index < -0.39 is 7.12 Å². The fourth-order valence-electron chi connectivity index (χ4n) is 1.68. The quantitative estimate of drug-likeness (QED) is 0.649. The van der Waals surface area contributed by atoms with Crippen LogP contribution in [-0.4, -0.2) is 17.2 Å². The van der Waals surface area contributed by atoms with Crippen LogP contribution >= 0.6 is 0 Å². The molecule has 13 heavy (non-hydrogen) atoms. The molecule has 0 aliphatic rings. The first-order chi connectivity index (χ1) is 6.06. The van der Waals surface area contributed by atoms with Crippen molar-refractivity contribution in [3.63, 3.8) is 0 Å². The summed E-state index contributed by atoms with van der Waals surface area (Å²) in [4.78, 5) is 0. The van der Waals surface area contributed by atoms with Crippen molar-refractivity contribution in [1.82, 2.24) is 0 Å². The van der Waals surface area contributed by atoms with Gasteiger partial charge in [0.25, 0.3) is 0 Å². The van der Waals surface area contributed by atoms with Crippen molar-refractivity contribution < 1.29 is 10.0 Å². The molecule has 0 atom stereocenters. The van der Waals surface area contributed by atoms with Crippen molar-refractivity contribution in [2.24, 2.45) is 0 Å². The molecule has 2 N–H and O–H groups in total. The Labute approximate surface area is 79.4 Å². The molecule has 0 aliphatic heterocycles. The molecule has 0 fully saturated rings. The lowest BCUT2D eigenvalue weighted by molar-refractivity contribution is 0.425. The molecular weight excluding hydrogens is 163 g/mol. The van der Waals surface area contributed by atoms with Crippen LogP contribution in [0.4, 0.5) is 0 Å². The van der Waals surface area contributed by atoms with Crippen molar-refractivity contribution in [3.05, 3.63) is 28.8 Å². The van der Waals surface area contributed by atoms with E-state index in [1.54, 1.807) is 0 Å². The van der Waals surface area contributed by atoms with Gasteiger partial charge < -0.3 is 10.0 Å². The first-order valence-corrected chi connectivity index (χ1v) is 4.52. The van der Waals surface area contributed by atoms with Crippen molar-refractivity contribution in [2.75, 3.05) is 0 Å². The van der Waals surface area contributed by atoms with Crippen LogP contribution in [0.2, 0.25) is 0 Å². The van der Waals surface area contributed by atoms with E-state index in [9.17, 15) is 0 Å². The van der Waals surface area contributed by atoms with Gasteiger partial charge in [-0.25, -0.2) is 0 Å². The summed E-state index contributed by atoms with van der Waals surface area (Å²) in [6, 6.07) is 4.00. The molecule has 1 aromatic rings. The Kier molecular flexibility index (Phi) is 3.12. The summed E-state index contributed by atoms with van der Waals surface area (Å²) in [5, 5.41) is 18.2. The second-order valence-electron chi connectivity index (χ2n) is 3.37. The predicted molar refractivity (Wildman–Crippen MR) is 55.1 cm³/mol. The van der Waals surface area contributed by atoms with Crippen LogP contribution in [0.15, 0.2) is 12.1 Å². The van der Waals surface area contributed by atoms with Crippen molar-refractivity contribution in [1.29, 1.82) is 0 Å². The maximum atomic E-state index is 9.10. The summed E-state index contributed by atoms with van der Waals surface area (Å²) in [7, 11) is -1.36. The third-order valence-corrected chi connectivity index (χ3v) is 2.32. The molecule has 1 aromatic carbocycles. The topological polar surface area (TPSA) is 40.5 Å². The molecule has 0 amide bonds. The number of rotatable bonds is 2. The monoisotopic (exact) mass is 178 g/mol. The van der Waals surface area contributed by atoms with Crippen LogP contribution < -0.4 is 5.46 Å². The van der Waals surface area contributed by atoms with Crippen LogP contribution in [0.5, 0.6) is 0 Å². The average Bonchev–Trinajstić information content (AvgIpc) is 2.02. The van der Waals surface area contributed by atoms with Gasteiger partial charge in [0.15, 0.2) is 0 Å². The molecule has 0 bridgehead atoms. The Morgan fingerprint density at radius 2 is 1.62 bits per heavy atom. The summed E-state index contributed by atoms with van der Waals surface area (Å²) < 4.78 is 0. The lowest BCUT2D eigenvalue weighted by atomic mass is 9.74. The zero-order valence-corrected chi connectivity index (χ0v) is 8.33. The van der Waals surface area contributed by atoms with Gasteiger partial charge in [0.1, 0.15) is 0 Å². The molecule has 0 spiro atoms. The first-order valence-electron chi connectivity index (χ1n) is 4.52. The van der Waals surface area contributed by atoms with Crippen LogP contribution in [0.25, 0.3) is 0 Å². The lowest BCUT2D eigenvalue weighted by Gasteiger charge is -2.10. The van der Waals surface area contributed by atoms with Crippen LogP contribution in [0.3, 0.4) is 0 Å². The third kappa shape index (κ3) is 2.11. The molecule has 0 aromatic heterocycles. The van der Waals surface area contributed by atoms with Gasteiger partial charge in [0.2, 0.25) is 0 Å². The number of hydrogen-bond acceptors (Lipinski definition) is 2. The van der Waals surface area contributed by atoms with E-state index in [1.807, 2.05) is 26.0 Å². The van der Waals surface area contributed by atoms with Crippen LogP contribution in [-0.2, 0) is 6.42 Å². The van der Waals surface area contributed by atoms with Gasteiger partial charge in [-0.2, -0.15) is 0 Å². The van der Waals surface area contributed by atoms with E-state index in [0.29, 0.717) is 5.46 Å². The van der Waals surface area contributed by atoms with Crippen molar-refractivity contribution >= 4 is 12.6 Å². The summed E-state index contributed by atoms with van der Waals surface area (Å²) in [6.07, 6.45) is 0.976. The normalized spacial score (nSPS) is 10.2. The largest absolute Gasteiger partial charge is 0.488 e. The van der Waals surface area contributed by atoms with Crippen molar-refractivity contribution in [2.45, 2.75) is 27.2 Å². The van der Waals surface area contributed by atoms with E-state index in [4.69, 9.17) is 10.0 Å². The third-order valence-electron chi connectivity index (χ3n) is 2.32. The maximum absolute atomic E-state index is 9.10. The van der Waals surface area contributed by atoms with Crippen molar-refractivity contribution in [3.8, 4) is 0 Å². The Morgan fingerprint density at radius 1 is 1.15 bits per heavy atom. The number of hydrogen-bond donors (Lipinski definition) is 2. The molecule has 1 rings (SSSR count). The zero-order chi connectivity index (χ0) is 10.0. The summed E-state index contributed by atoms with van der Waals surface area (Å²) in [6.45, 7) is 5.89. The molecule has 2 nitrogen and oxygen atoms in total. The van der Waals surface area contributed by atoms with E-state index in [2.05, 4.69) is 6.92 Å². The van der Waals surface area contributed by atoms with E-state index in [-0.39, 0.29) is 0 Å². The van der Waals surface area contributed by atoms with Gasteiger partial charge in [-0.1, -0.05) is 30.2 Å². The second-order valence-corrected chi connectivity index (χ2v) is 3.37. The molecular formula is C10H15BO2. The minimum Gasteiger partial charge on any atom is -0.423 e. The molecule has 70 valence electrons. The Morgan fingerprint density at radius 3 is 1.92 bits per heavy atom. The maximum Gasteiger partial charge on any atom is 0.488 e. The molecule has 0 saturated carbocycles. The van der Waals surface area contributed by atoms with Crippen LogP contribution in [0, 0.1) is 13.8 Å². The average molecular weight is 178 g/mol. The highest BCUT2D eigenvalue weighted by atomic mass is 16.4. The molecule has 0 saturated heterocycles. The molecule has 0 heterocycles. The van der Waals surface area contributed by atoms with Crippen LogP contribution in [0.1, 0.15) is 23.6 Å². The Bertz CT molecular complexity index is 285. The Balaban J connectivity index is 3.23. The zero-order valence-electron chi connectivity index (χ0n) is 8.33. The van der Waals surface area contributed by atoms with Gasteiger partial charge in [-0.3, -0.25) is 0 Å². The minimum atomic E-state index is -1.36. The standard InChI is InChI=1S/C10H15BO2/c1-4-9-5-7(2)10(11(12)13)8(3)6-9/h5-6,12-13H,4H2,1-3H3. The highest BCUT2D eigenvalue weighted by Gasteiger charge is 2.16. The molecule has 0 unspecified atom stereocenters. The van der Waals surface area contributed by atoms with E-state index in [1.165, 1.54) is 5.56 Å². The predicted octanol–water partition coefficient (Wildman–Crippen LogP) is 0.546. The highest BCUT2D eigenvalue weighted by Crippen LogP contribution is 2.07.